The van der Waals surface area contributed by atoms with Gasteiger partial charge in [0.25, 0.3) is 11.8 Å². The topological polar surface area (TPSA) is 93.7 Å². The zero-order chi connectivity index (χ0) is 21.2. The first kappa shape index (κ1) is 21.9. The Morgan fingerprint density at radius 1 is 0.897 bits per heavy atom. The lowest BCUT2D eigenvalue weighted by Gasteiger charge is -2.09. The van der Waals surface area contributed by atoms with Crippen molar-refractivity contribution in [2.75, 3.05) is 13.2 Å². The first-order chi connectivity index (χ1) is 13.8. The highest BCUT2D eigenvalue weighted by molar-refractivity contribution is 5.96. The van der Waals surface area contributed by atoms with Crippen LogP contribution in [0.1, 0.15) is 46.5 Å². The largest absolute Gasteiger partial charge is 0.494 e. The van der Waals surface area contributed by atoms with E-state index in [2.05, 4.69) is 24.7 Å². The van der Waals surface area contributed by atoms with Gasteiger partial charge in [0.05, 0.1) is 12.2 Å². The quantitative estimate of drug-likeness (QED) is 0.527. The van der Waals surface area contributed by atoms with Crippen LogP contribution >= 0.6 is 0 Å². The van der Waals surface area contributed by atoms with Crippen LogP contribution in [0.15, 0.2) is 48.5 Å². The third kappa shape index (κ3) is 7.65. The van der Waals surface area contributed by atoms with Gasteiger partial charge in [-0.3, -0.25) is 20.4 Å². The number of carbonyl (C=O) groups is 3. The molecule has 2 aromatic rings. The Labute approximate surface area is 170 Å². The molecule has 0 aliphatic heterocycles. The molecule has 2 N–H and O–H groups in total. The molecule has 7 nitrogen and oxygen atoms in total. The average Bonchev–Trinajstić information content (AvgIpc) is 2.71. The molecule has 0 spiro atoms. The molecular formula is C22H26N2O5. The van der Waals surface area contributed by atoms with Crippen LogP contribution in [0.5, 0.6) is 5.75 Å². The van der Waals surface area contributed by atoms with E-state index in [4.69, 9.17) is 9.47 Å². The molecule has 2 rings (SSSR count). The molecule has 29 heavy (non-hydrogen) atoms. The second-order valence-corrected chi connectivity index (χ2v) is 7.00. The van der Waals surface area contributed by atoms with Crippen LogP contribution in [0.3, 0.4) is 0 Å². The smallest absolute Gasteiger partial charge is 0.338 e. The number of hydrogen-bond acceptors (Lipinski definition) is 5. The van der Waals surface area contributed by atoms with Crippen molar-refractivity contribution >= 4 is 17.8 Å². The van der Waals surface area contributed by atoms with Crippen molar-refractivity contribution in [3.05, 3.63) is 65.2 Å². The molecule has 0 unspecified atom stereocenters. The zero-order valence-electron chi connectivity index (χ0n) is 16.9. The van der Waals surface area contributed by atoms with Crippen LogP contribution < -0.4 is 15.6 Å². The van der Waals surface area contributed by atoms with Crippen LogP contribution in [0, 0.1) is 12.8 Å². The van der Waals surface area contributed by atoms with Crippen LogP contribution in [-0.2, 0) is 9.53 Å². The van der Waals surface area contributed by atoms with Gasteiger partial charge in [-0.05, 0) is 55.7 Å². The summed E-state index contributed by atoms with van der Waals surface area (Å²) < 4.78 is 10.5. The third-order valence-corrected chi connectivity index (χ3v) is 4.02. The molecule has 0 saturated carbocycles. The second kappa shape index (κ2) is 10.8. The van der Waals surface area contributed by atoms with Gasteiger partial charge in [0.1, 0.15) is 5.75 Å². The molecule has 0 saturated heterocycles. The number of nitrogens with one attached hydrogen (secondary N) is 2. The van der Waals surface area contributed by atoms with Crippen LogP contribution in [-0.4, -0.2) is 31.0 Å². The maximum Gasteiger partial charge on any atom is 0.338 e. The molecule has 7 heteroatoms. The van der Waals surface area contributed by atoms with Gasteiger partial charge in [0, 0.05) is 5.56 Å². The molecule has 0 aliphatic carbocycles. The maximum absolute atomic E-state index is 12.0. The van der Waals surface area contributed by atoms with E-state index in [1.165, 1.54) is 0 Å². The summed E-state index contributed by atoms with van der Waals surface area (Å²) in [6.07, 6.45) is 0.944. The fourth-order valence-corrected chi connectivity index (χ4v) is 2.25. The summed E-state index contributed by atoms with van der Waals surface area (Å²) in [6, 6.07) is 13.4. The Balaban J connectivity index is 1.73. The number of hydrazine groups is 1. The van der Waals surface area contributed by atoms with Crippen molar-refractivity contribution in [2.24, 2.45) is 5.92 Å². The Hall–Kier alpha value is -3.35. The standard InChI is InChI=1S/C22H26N2O5/c1-15(2)12-13-28-19-10-8-18(9-11-19)22(27)29-14-20(25)23-24-21(26)17-6-4-16(3)5-7-17/h4-11,15H,12-14H2,1-3H3,(H,23,25)(H,24,26). The Morgan fingerprint density at radius 2 is 1.52 bits per heavy atom. The number of ether oxygens (including phenoxy) is 2. The van der Waals surface area contributed by atoms with Gasteiger partial charge in [-0.2, -0.15) is 0 Å². The highest BCUT2D eigenvalue weighted by Gasteiger charge is 2.12. The molecule has 0 heterocycles. The predicted octanol–water partition coefficient (Wildman–Crippen LogP) is 3.04. The molecule has 154 valence electrons. The molecule has 0 aliphatic rings. The summed E-state index contributed by atoms with van der Waals surface area (Å²) in [6.45, 7) is 6.24. The Bertz CT molecular complexity index is 829. The normalized spacial score (nSPS) is 10.3. The summed E-state index contributed by atoms with van der Waals surface area (Å²) in [5, 5.41) is 0. The van der Waals surface area contributed by atoms with Crippen LogP contribution in [0.25, 0.3) is 0 Å². The van der Waals surface area contributed by atoms with Gasteiger partial charge < -0.3 is 9.47 Å². The first-order valence-corrected chi connectivity index (χ1v) is 9.41. The third-order valence-electron chi connectivity index (χ3n) is 4.02. The Kier molecular flexibility index (Phi) is 8.21. The van der Waals surface area contributed by atoms with Crippen LogP contribution in [0.4, 0.5) is 0 Å². The molecular weight excluding hydrogens is 372 g/mol. The predicted molar refractivity (Wildman–Crippen MR) is 108 cm³/mol. The van der Waals surface area contributed by atoms with Crippen molar-refractivity contribution in [1.29, 1.82) is 0 Å². The minimum Gasteiger partial charge on any atom is -0.494 e. The van der Waals surface area contributed by atoms with E-state index >= 15 is 0 Å². The monoisotopic (exact) mass is 398 g/mol. The van der Waals surface area contributed by atoms with Gasteiger partial charge in [-0.1, -0.05) is 31.5 Å². The molecule has 0 fully saturated rings. The number of rotatable bonds is 8. The van der Waals surface area contributed by atoms with Crippen molar-refractivity contribution < 1.29 is 23.9 Å². The second-order valence-electron chi connectivity index (χ2n) is 7.00. The number of aryl methyl sites for hydroxylation is 1. The number of carbonyl (C=O) groups excluding carboxylic acids is 3. The van der Waals surface area contributed by atoms with Gasteiger partial charge in [0.15, 0.2) is 6.61 Å². The molecule has 0 atom stereocenters. The molecule has 0 bridgehead atoms. The zero-order valence-corrected chi connectivity index (χ0v) is 16.9. The summed E-state index contributed by atoms with van der Waals surface area (Å²) in [5.41, 5.74) is 6.21. The number of benzene rings is 2. The van der Waals surface area contributed by atoms with Gasteiger partial charge in [0.2, 0.25) is 0 Å². The molecule has 0 radical (unpaired) electrons. The highest BCUT2D eigenvalue weighted by Crippen LogP contribution is 2.14. The van der Waals surface area contributed by atoms with Crippen molar-refractivity contribution in [3.63, 3.8) is 0 Å². The van der Waals surface area contributed by atoms with Crippen molar-refractivity contribution in [3.8, 4) is 5.75 Å². The molecule has 2 amide bonds. The first-order valence-electron chi connectivity index (χ1n) is 9.41. The fraction of sp³-hybridized carbons (Fsp3) is 0.318. The summed E-state index contributed by atoms with van der Waals surface area (Å²) >= 11 is 0. The minimum absolute atomic E-state index is 0.303. The van der Waals surface area contributed by atoms with E-state index in [1.807, 2.05) is 6.92 Å². The van der Waals surface area contributed by atoms with Gasteiger partial charge >= 0.3 is 5.97 Å². The van der Waals surface area contributed by atoms with E-state index in [9.17, 15) is 14.4 Å². The van der Waals surface area contributed by atoms with E-state index in [1.54, 1.807) is 48.5 Å². The number of hydrogen-bond donors (Lipinski definition) is 2. The van der Waals surface area contributed by atoms with E-state index in [0.717, 1.165) is 12.0 Å². The van der Waals surface area contributed by atoms with Gasteiger partial charge in [-0.15, -0.1) is 0 Å². The fourth-order valence-electron chi connectivity index (χ4n) is 2.25. The van der Waals surface area contributed by atoms with E-state index in [-0.39, 0.29) is 0 Å². The summed E-state index contributed by atoms with van der Waals surface area (Å²) in [5.74, 6) is -0.528. The minimum atomic E-state index is -0.646. The number of amides is 2. The lowest BCUT2D eigenvalue weighted by atomic mass is 10.1. The summed E-state index contributed by atoms with van der Waals surface area (Å²) in [4.78, 5) is 35.7. The van der Waals surface area contributed by atoms with Crippen LogP contribution in [0.2, 0.25) is 0 Å². The lowest BCUT2D eigenvalue weighted by Crippen LogP contribution is -2.43. The highest BCUT2D eigenvalue weighted by atomic mass is 16.5. The molecule has 2 aromatic carbocycles. The van der Waals surface area contributed by atoms with E-state index in [0.29, 0.717) is 29.4 Å². The maximum atomic E-state index is 12.0. The summed E-state index contributed by atoms with van der Waals surface area (Å²) in [7, 11) is 0. The number of esters is 1. The Morgan fingerprint density at radius 3 is 2.14 bits per heavy atom. The van der Waals surface area contributed by atoms with Crippen molar-refractivity contribution in [2.45, 2.75) is 27.2 Å². The lowest BCUT2D eigenvalue weighted by molar-refractivity contribution is -0.125. The SMILES string of the molecule is Cc1ccc(C(=O)NNC(=O)COC(=O)c2ccc(OCCC(C)C)cc2)cc1. The van der Waals surface area contributed by atoms with E-state index < -0.39 is 24.4 Å². The van der Waals surface area contributed by atoms with Crippen molar-refractivity contribution in [1.82, 2.24) is 10.9 Å². The average molecular weight is 398 g/mol. The van der Waals surface area contributed by atoms with Gasteiger partial charge in [-0.25, -0.2) is 4.79 Å². The molecule has 0 aromatic heterocycles.